The Labute approximate surface area is 164 Å². The fourth-order valence-corrected chi connectivity index (χ4v) is 3.22. The van der Waals surface area contributed by atoms with Crippen LogP contribution in [0.1, 0.15) is 21.7 Å². The molecule has 1 aromatic heterocycles. The molecule has 28 heavy (non-hydrogen) atoms. The Morgan fingerprint density at radius 2 is 1.93 bits per heavy atom. The van der Waals surface area contributed by atoms with Gasteiger partial charge in [-0.2, -0.15) is 0 Å². The molecule has 140 valence electrons. The van der Waals surface area contributed by atoms with Crippen molar-refractivity contribution in [3.63, 3.8) is 0 Å². The Bertz CT molecular complexity index is 1170. The molecule has 0 atom stereocenters. The van der Waals surface area contributed by atoms with E-state index in [1.54, 1.807) is 42.5 Å². The molecule has 0 fully saturated rings. The average Bonchev–Trinajstić information content (AvgIpc) is 2.91. The van der Waals surface area contributed by atoms with Gasteiger partial charge in [0.15, 0.2) is 0 Å². The summed E-state index contributed by atoms with van der Waals surface area (Å²) in [7, 11) is 0. The predicted octanol–water partition coefficient (Wildman–Crippen LogP) is 2.75. The van der Waals surface area contributed by atoms with Crippen LogP contribution in [0.3, 0.4) is 0 Å². The molecule has 1 aliphatic heterocycles. The van der Waals surface area contributed by atoms with Gasteiger partial charge in [-0.25, -0.2) is 4.98 Å². The molecule has 0 saturated heterocycles. The van der Waals surface area contributed by atoms with E-state index in [0.29, 0.717) is 32.7 Å². The van der Waals surface area contributed by atoms with E-state index in [2.05, 4.69) is 16.5 Å². The second kappa shape index (κ2) is 6.94. The number of H-pyrrole nitrogens is 1. The minimum absolute atomic E-state index is 0.183. The van der Waals surface area contributed by atoms with Gasteiger partial charge >= 0.3 is 5.97 Å². The summed E-state index contributed by atoms with van der Waals surface area (Å²) in [6, 6.07) is 11.7. The standard InChI is InChI=1S/C20H14ClN3O4/c1-11-13-4-2-3-5-14(13)20(27)24(11)9-18(25)28-10-17-22-16-8-12(21)6-7-15(16)19(26)23-17/h2-8H,1,9-10H2,(H,22,23,26). The van der Waals surface area contributed by atoms with Crippen molar-refractivity contribution in [2.75, 3.05) is 6.54 Å². The Morgan fingerprint density at radius 1 is 1.18 bits per heavy atom. The zero-order valence-electron chi connectivity index (χ0n) is 14.6. The summed E-state index contributed by atoms with van der Waals surface area (Å²) in [5.41, 5.74) is 1.69. The summed E-state index contributed by atoms with van der Waals surface area (Å²) in [6.07, 6.45) is 0. The summed E-state index contributed by atoms with van der Waals surface area (Å²) in [4.78, 5) is 44.8. The number of nitrogens with one attached hydrogen (secondary N) is 1. The molecule has 4 rings (SSSR count). The predicted molar refractivity (Wildman–Crippen MR) is 104 cm³/mol. The number of aromatic amines is 1. The first-order valence-corrected chi connectivity index (χ1v) is 8.76. The SMILES string of the molecule is C=C1c2ccccc2C(=O)N1CC(=O)OCc1nc2cc(Cl)ccc2c(=O)[nH]1. The first-order valence-electron chi connectivity index (χ1n) is 8.38. The summed E-state index contributed by atoms with van der Waals surface area (Å²) in [5, 5.41) is 0.829. The molecule has 1 N–H and O–H groups in total. The number of nitrogens with zero attached hydrogens (tertiary/aromatic N) is 2. The maximum absolute atomic E-state index is 12.4. The van der Waals surface area contributed by atoms with E-state index < -0.39 is 5.97 Å². The molecule has 3 aromatic rings. The third kappa shape index (κ3) is 3.16. The molecule has 0 bridgehead atoms. The van der Waals surface area contributed by atoms with Crippen molar-refractivity contribution in [3.05, 3.63) is 81.4 Å². The summed E-state index contributed by atoms with van der Waals surface area (Å²) in [5.74, 6) is -0.761. The maximum Gasteiger partial charge on any atom is 0.326 e. The Hall–Kier alpha value is -3.45. The molecular formula is C20H14ClN3O4. The minimum atomic E-state index is -0.642. The number of halogens is 1. The van der Waals surface area contributed by atoms with Gasteiger partial charge in [-0.3, -0.25) is 19.3 Å². The fourth-order valence-electron chi connectivity index (χ4n) is 3.05. The van der Waals surface area contributed by atoms with Crippen LogP contribution in [0.25, 0.3) is 16.6 Å². The zero-order valence-corrected chi connectivity index (χ0v) is 15.3. The Kier molecular flexibility index (Phi) is 4.44. The largest absolute Gasteiger partial charge is 0.456 e. The molecule has 2 heterocycles. The lowest BCUT2D eigenvalue weighted by Crippen LogP contribution is -2.30. The Balaban J connectivity index is 1.46. The van der Waals surface area contributed by atoms with Crippen molar-refractivity contribution >= 4 is 40.1 Å². The number of esters is 1. The number of hydrogen-bond donors (Lipinski definition) is 1. The van der Waals surface area contributed by atoms with E-state index >= 15 is 0 Å². The first-order chi connectivity index (χ1) is 13.4. The van der Waals surface area contributed by atoms with Crippen molar-refractivity contribution in [2.45, 2.75) is 6.61 Å². The van der Waals surface area contributed by atoms with Crippen LogP contribution in [0.5, 0.6) is 0 Å². The fraction of sp³-hybridized carbons (Fsp3) is 0.100. The molecule has 0 saturated carbocycles. The Morgan fingerprint density at radius 3 is 2.68 bits per heavy atom. The number of amides is 1. The van der Waals surface area contributed by atoms with Crippen LogP contribution in [0, 0.1) is 0 Å². The van der Waals surface area contributed by atoms with Gasteiger partial charge in [0.05, 0.1) is 10.9 Å². The van der Waals surface area contributed by atoms with Crippen LogP contribution in [0.2, 0.25) is 5.02 Å². The van der Waals surface area contributed by atoms with Crippen LogP contribution < -0.4 is 5.56 Å². The van der Waals surface area contributed by atoms with Gasteiger partial charge in [0.25, 0.3) is 11.5 Å². The van der Waals surface area contributed by atoms with Crippen LogP contribution in [0.4, 0.5) is 0 Å². The highest BCUT2D eigenvalue weighted by Crippen LogP contribution is 2.30. The number of hydrogen-bond acceptors (Lipinski definition) is 5. The summed E-state index contributed by atoms with van der Waals surface area (Å²) >= 11 is 5.93. The summed E-state index contributed by atoms with van der Waals surface area (Å²) in [6.45, 7) is 3.36. The molecular weight excluding hydrogens is 382 g/mol. The van der Waals surface area contributed by atoms with E-state index in [9.17, 15) is 14.4 Å². The van der Waals surface area contributed by atoms with Crippen molar-refractivity contribution in [2.24, 2.45) is 0 Å². The molecule has 8 heteroatoms. The number of benzene rings is 2. The van der Waals surface area contributed by atoms with Crippen molar-refractivity contribution in [1.29, 1.82) is 0 Å². The average molecular weight is 396 g/mol. The number of rotatable bonds is 4. The van der Waals surface area contributed by atoms with Crippen molar-refractivity contribution < 1.29 is 14.3 Å². The summed E-state index contributed by atoms with van der Waals surface area (Å²) < 4.78 is 5.18. The molecule has 0 unspecified atom stereocenters. The topological polar surface area (TPSA) is 92.4 Å². The van der Waals surface area contributed by atoms with Gasteiger partial charge in [0.1, 0.15) is 19.0 Å². The van der Waals surface area contributed by atoms with Crippen LogP contribution >= 0.6 is 11.6 Å². The van der Waals surface area contributed by atoms with Crippen molar-refractivity contribution in [1.82, 2.24) is 14.9 Å². The molecule has 1 aliphatic rings. The maximum atomic E-state index is 12.4. The highest BCUT2D eigenvalue weighted by atomic mass is 35.5. The molecule has 0 radical (unpaired) electrons. The van der Waals surface area contributed by atoms with E-state index in [4.69, 9.17) is 16.3 Å². The van der Waals surface area contributed by atoms with Crippen LogP contribution in [0.15, 0.2) is 53.8 Å². The van der Waals surface area contributed by atoms with Gasteiger partial charge < -0.3 is 9.72 Å². The number of carbonyl (C=O) groups excluding carboxylic acids is 2. The minimum Gasteiger partial charge on any atom is -0.456 e. The lowest BCUT2D eigenvalue weighted by Gasteiger charge is -2.16. The van der Waals surface area contributed by atoms with E-state index in [1.165, 1.54) is 4.90 Å². The first kappa shape index (κ1) is 17.9. The smallest absolute Gasteiger partial charge is 0.326 e. The highest BCUT2D eigenvalue weighted by molar-refractivity contribution is 6.31. The van der Waals surface area contributed by atoms with Gasteiger partial charge in [-0.1, -0.05) is 36.4 Å². The molecule has 2 aromatic carbocycles. The zero-order chi connectivity index (χ0) is 19.8. The molecule has 0 spiro atoms. The van der Waals surface area contributed by atoms with Gasteiger partial charge in [0.2, 0.25) is 0 Å². The van der Waals surface area contributed by atoms with Gasteiger partial charge in [0, 0.05) is 21.8 Å². The number of carbonyl (C=O) groups is 2. The monoisotopic (exact) mass is 395 g/mol. The lowest BCUT2D eigenvalue weighted by atomic mass is 10.1. The molecule has 0 aliphatic carbocycles. The van der Waals surface area contributed by atoms with E-state index in [-0.39, 0.29) is 30.4 Å². The van der Waals surface area contributed by atoms with E-state index in [1.807, 2.05) is 0 Å². The van der Waals surface area contributed by atoms with Crippen LogP contribution in [-0.2, 0) is 16.1 Å². The van der Waals surface area contributed by atoms with Crippen molar-refractivity contribution in [3.8, 4) is 0 Å². The van der Waals surface area contributed by atoms with Gasteiger partial charge in [-0.15, -0.1) is 0 Å². The second-order valence-electron chi connectivity index (χ2n) is 6.22. The molecule has 1 amide bonds. The van der Waals surface area contributed by atoms with Crippen LogP contribution in [-0.4, -0.2) is 33.3 Å². The quantitative estimate of drug-likeness (QED) is 0.686. The third-order valence-electron chi connectivity index (χ3n) is 4.41. The van der Waals surface area contributed by atoms with Gasteiger partial charge in [-0.05, 0) is 24.3 Å². The normalized spacial score (nSPS) is 13.1. The third-order valence-corrected chi connectivity index (χ3v) is 4.65. The highest BCUT2D eigenvalue weighted by Gasteiger charge is 2.32. The number of fused-ring (bicyclic) bond motifs is 2. The van der Waals surface area contributed by atoms with E-state index in [0.717, 1.165) is 0 Å². The lowest BCUT2D eigenvalue weighted by molar-refractivity contribution is -0.145. The second-order valence-corrected chi connectivity index (χ2v) is 6.65. The number of aromatic nitrogens is 2. The molecule has 7 nitrogen and oxygen atoms in total. The number of ether oxygens (including phenoxy) is 1.